The van der Waals surface area contributed by atoms with E-state index in [9.17, 15) is 4.79 Å². The number of aliphatic hydroxyl groups is 1. The van der Waals surface area contributed by atoms with Gasteiger partial charge in [-0.25, -0.2) is 0 Å². The van der Waals surface area contributed by atoms with Crippen molar-refractivity contribution in [3.05, 3.63) is 33.8 Å². The maximum atomic E-state index is 10.8. The van der Waals surface area contributed by atoms with E-state index < -0.39 is 5.24 Å². The first-order valence-corrected chi connectivity index (χ1v) is 4.41. The second-order valence-corrected chi connectivity index (χ2v) is 3.44. The lowest BCUT2D eigenvalue weighted by molar-refractivity contribution is 0.108. The number of aliphatic hydroxyl groups excluding tert-OH is 1. The molecule has 0 aliphatic rings. The smallest absolute Gasteiger partial charge is 0.253 e. The van der Waals surface area contributed by atoms with Gasteiger partial charge in [0.05, 0.1) is 6.61 Å². The highest BCUT2D eigenvalue weighted by atomic mass is 79.9. The van der Waals surface area contributed by atoms with E-state index in [-0.39, 0.29) is 6.61 Å². The topological polar surface area (TPSA) is 37.3 Å². The molecule has 1 N–H and O–H groups in total. The molecule has 0 heterocycles. The Labute approximate surface area is 83.3 Å². The number of hydrogen-bond donors (Lipinski definition) is 1. The third-order valence-electron chi connectivity index (χ3n) is 1.43. The molecule has 0 bridgehead atoms. The molecule has 1 aromatic rings. The molecule has 0 atom stereocenters. The molecule has 64 valence electrons. The Bertz CT molecular complexity index is 312. The van der Waals surface area contributed by atoms with Crippen LogP contribution in [0.25, 0.3) is 0 Å². The molecule has 1 rings (SSSR count). The number of halogens is 2. The Hall–Kier alpha value is -0.380. The average molecular weight is 249 g/mol. The molecule has 0 spiro atoms. The molecular formula is C8H6BrClO2. The Morgan fingerprint density at radius 2 is 2.25 bits per heavy atom. The quantitative estimate of drug-likeness (QED) is 0.817. The van der Waals surface area contributed by atoms with Crippen molar-refractivity contribution in [3.8, 4) is 0 Å². The fraction of sp³-hybridized carbons (Fsp3) is 0.125. The van der Waals surface area contributed by atoms with Gasteiger partial charge in [-0.2, -0.15) is 0 Å². The molecule has 0 fully saturated rings. The van der Waals surface area contributed by atoms with Gasteiger partial charge in [0.2, 0.25) is 0 Å². The minimum absolute atomic E-state index is 0.0928. The van der Waals surface area contributed by atoms with Crippen molar-refractivity contribution < 1.29 is 9.90 Å². The predicted octanol–water partition coefficient (Wildman–Crippen LogP) is 2.32. The molecule has 2 nitrogen and oxygen atoms in total. The fourth-order valence-corrected chi connectivity index (χ4v) is 1.52. The van der Waals surface area contributed by atoms with E-state index in [1.807, 2.05) is 0 Å². The third kappa shape index (κ3) is 2.06. The Morgan fingerprint density at radius 3 is 2.75 bits per heavy atom. The second kappa shape index (κ2) is 4.03. The van der Waals surface area contributed by atoms with E-state index in [4.69, 9.17) is 16.7 Å². The normalized spacial score (nSPS) is 9.92. The van der Waals surface area contributed by atoms with Crippen LogP contribution in [-0.2, 0) is 6.61 Å². The van der Waals surface area contributed by atoms with Crippen molar-refractivity contribution >= 4 is 32.8 Å². The monoisotopic (exact) mass is 248 g/mol. The summed E-state index contributed by atoms with van der Waals surface area (Å²) < 4.78 is 0.639. The minimum Gasteiger partial charge on any atom is -0.392 e. The van der Waals surface area contributed by atoms with Crippen LogP contribution in [0, 0.1) is 0 Å². The summed E-state index contributed by atoms with van der Waals surface area (Å²) in [5.41, 5.74) is 1.05. The second-order valence-electron chi connectivity index (χ2n) is 2.25. The van der Waals surface area contributed by atoms with Crippen LogP contribution < -0.4 is 0 Å². The van der Waals surface area contributed by atoms with Gasteiger partial charge in [0.1, 0.15) is 0 Å². The zero-order chi connectivity index (χ0) is 9.14. The van der Waals surface area contributed by atoms with Gasteiger partial charge < -0.3 is 5.11 Å². The third-order valence-corrected chi connectivity index (χ3v) is 2.32. The van der Waals surface area contributed by atoms with Crippen molar-refractivity contribution in [2.24, 2.45) is 0 Å². The predicted molar refractivity (Wildman–Crippen MR) is 50.2 cm³/mol. The molecule has 12 heavy (non-hydrogen) atoms. The first kappa shape index (κ1) is 9.71. The average Bonchev–Trinajstić information content (AvgIpc) is 2.05. The standard InChI is InChI=1S/C8H6BrClO2/c9-7-2-1-5(4-11)3-6(7)8(10)12/h1-3,11H,4H2. The number of carbonyl (C=O) groups is 1. The van der Waals surface area contributed by atoms with E-state index in [1.54, 1.807) is 18.2 Å². The highest BCUT2D eigenvalue weighted by Crippen LogP contribution is 2.20. The molecule has 4 heteroatoms. The molecular weight excluding hydrogens is 243 g/mol. The number of rotatable bonds is 2. The van der Waals surface area contributed by atoms with Crippen molar-refractivity contribution in [1.82, 2.24) is 0 Å². The van der Waals surface area contributed by atoms with Crippen LogP contribution in [0.3, 0.4) is 0 Å². The van der Waals surface area contributed by atoms with Gasteiger partial charge in [-0.05, 0) is 45.2 Å². The van der Waals surface area contributed by atoms with Crippen molar-refractivity contribution in [2.75, 3.05) is 0 Å². The van der Waals surface area contributed by atoms with Gasteiger partial charge in [0, 0.05) is 10.0 Å². The molecule has 0 amide bonds. The Morgan fingerprint density at radius 1 is 1.58 bits per heavy atom. The summed E-state index contributed by atoms with van der Waals surface area (Å²) in [6.07, 6.45) is 0. The highest BCUT2D eigenvalue weighted by molar-refractivity contribution is 9.10. The number of hydrogen-bond acceptors (Lipinski definition) is 2. The summed E-state index contributed by atoms with van der Waals surface area (Å²) in [5.74, 6) is 0. The van der Waals surface area contributed by atoms with Crippen LogP contribution in [0.15, 0.2) is 22.7 Å². The van der Waals surface area contributed by atoms with Crippen LogP contribution in [0.1, 0.15) is 15.9 Å². The lowest BCUT2D eigenvalue weighted by atomic mass is 10.1. The van der Waals surface area contributed by atoms with Gasteiger partial charge in [0.15, 0.2) is 0 Å². The Balaban J connectivity index is 3.17. The molecule has 0 saturated carbocycles. The van der Waals surface area contributed by atoms with E-state index in [2.05, 4.69) is 15.9 Å². The highest BCUT2D eigenvalue weighted by Gasteiger charge is 2.07. The molecule has 0 aliphatic heterocycles. The molecule has 1 aromatic carbocycles. The van der Waals surface area contributed by atoms with E-state index in [0.29, 0.717) is 15.6 Å². The molecule has 0 unspecified atom stereocenters. The van der Waals surface area contributed by atoms with E-state index >= 15 is 0 Å². The summed E-state index contributed by atoms with van der Waals surface area (Å²) in [5, 5.41) is 8.23. The van der Waals surface area contributed by atoms with Crippen LogP contribution in [0.2, 0.25) is 0 Å². The lowest BCUT2D eigenvalue weighted by Gasteiger charge is -2.00. The van der Waals surface area contributed by atoms with Crippen LogP contribution >= 0.6 is 27.5 Å². The SMILES string of the molecule is O=C(Cl)c1cc(CO)ccc1Br. The van der Waals surface area contributed by atoms with Crippen molar-refractivity contribution in [3.63, 3.8) is 0 Å². The van der Waals surface area contributed by atoms with Gasteiger partial charge in [-0.3, -0.25) is 4.79 Å². The first-order chi connectivity index (χ1) is 5.65. The molecule has 0 aromatic heterocycles. The number of benzene rings is 1. The minimum atomic E-state index is -0.530. The van der Waals surface area contributed by atoms with E-state index in [1.165, 1.54) is 0 Å². The summed E-state index contributed by atoms with van der Waals surface area (Å²) in [7, 11) is 0. The molecule has 0 aliphatic carbocycles. The van der Waals surface area contributed by atoms with Crippen molar-refractivity contribution in [1.29, 1.82) is 0 Å². The van der Waals surface area contributed by atoms with Crippen molar-refractivity contribution in [2.45, 2.75) is 6.61 Å². The van der Waals surface area contributed by atoms with E-state index in [0.717, 1.165) is 0 Å². The lowest BCUT2D eigenvalue weighted by Crippen LogP contribution is -1.93. The van der Waals surface area contributed by atoms with Gasteiger partial charge >= 0.3 is 0 Å². The summed E-state index contributed by atoms with van der Waals surface area (Å²) in [4.78, 5) is 10.8. The van der Waals surface area contributed by atoms with Crippen LogP contribution in [0.4, 0.5) is 0 Å². The van der Waals surface area contributed by atoms with Gasteiger partial charge in [-0.1, -0.05) is 6.07 Å². The first-order valence-electron chi connectivity index (χ1n) is 3.24. The Kier molecular flexibility index (Phi) is 3.26. The van der Waals surface area contributed by atoms with Gasteiger partial charge in [0.25, 0.3) is 5.24 Å². The maximum absolute atomic E-state index is 10.8. The van der Waals surface area contributed by atoms with Gasteiger partial charge in [-0.15, -0.1) is 0 Å². The maximum Gasteiger partial charge on any atom is 0.253 e. The zero-order valence-corrected chi connectivity index (χ0v) is 8.39. The summed E-state index contributed by atoms with van der Waals surface area (Å²) in [6.45, 7) is -0.0928. The fourth-order valence-electron chi connectivity index (χ4n) is 0.821. The zero-order valence-electron chi connectivity index (χ0n) is 6.05. The summed E-state index contributed by atoms with van der Waals surface area (Å²) >= 11 is 8.46. The summed E-state index contributed by atoms with van der Waals surface area (Å²) in [6, 6.07) is 4.95. The van der Waals surface area contributed by atoms with Crippen LogP contribution in [-0.4, -0.2) is 10.3 Å². The molecule has 0 radical (unpaired) electrons. The molecule has 0 saturated heterocycles. The number of carbonyl (C=O) groups excluding carboxylic acids is 1. The van der Waals surface area contributed by atoms with Crippen LogP contribution in [0.5, 0.6) is 0 Å². The largest absolute Gasteiger partial charge is 0.392 e.